The quantitative estimate of drug-likeness (QED) is 0.260. The van der Waals surface area contributed by atoms with Crippen molar-refractivity contribution < 1.29 is 19.1 Å². The summed E-state index contributed by atoms with van der Waals surface area (Å²) in [5, 5.41) is 3.64. The van der Waals surface area contributed by atoms with Crippen molar-refractivity contribution in [2.24, 2.45) is 17.3 Å². The zero-order chi connectivity index (χ0) is 28.8. The average molecular weight is 579 g/mol. The Labute approximate surface area is 242 Å². The molecule has 1 aromatic heterocycles. The third-order valence-corrected chi connectivity index (χ3v) is 9.01. The first-order chi connectivity index (χ1) is 18.2. The van der Waals surface area contributed by atoms with Crippen molar-refractivity contribution in [2.75, 3.05) is 43.8 Å². The summed E-state index contributed by atoms with van der Waals surface area (Å²) in [5.74, 6) is 2.41. The van der Waals surface area contributed by atoms with Crippen LogP contribution >= 0.6 is 23.1 Å². The van der Waals surface area contributed by atoms with Crippen LogP contribution in [0.2, 0.25) is 0 Å². The lowest BCUT2D eigenvalue weighted by atomic mass is 9.93. The molecule has 0 aliphatic carbocycles. The number of carbonyl (C=O) groups excluding carboxylic acids is 2. The molecule has 1 N–H and O–H groups in total. The molecule has 0 saturated carbocycles. The minimum absolute atomic E-state index is 0.0116. The summed E-state index contributed by atoms with van der Waals surface area (Å²) in [5.41, 5.74) is -0.609. The van der Waals surface area contributed by atoms with E-state index < -0.39 is 5.60 Å². The highest BCUT2D eigenvalue weighted by Crippen LogP contribution is 2.32. The van der Waals surface area contributed by atoms with Crippen LogP contribution in [0.5, 0.6) is 0 Å². The number of anilines is 1. The van der Waals surface area contributed by atoms with E-state index in [0.29, 0.717) is 28.3 Å². The number of carbonyl (C=O) groups is 2. The molecule has 3 heterocycles. The summed E-state index contributed by atoms with van der Waals surface area (Å²) in [6, 6.07) is 0. The standard InChI is InChI=1S/C29H46N4O4S2/c1-20(36-21(2)28(3,4)5)19-38-24-16-30-26(39-24)31-25(34)23-11-14-32(15-12-23)17-22-10-9-13-33(18-22)27(35)37-29(6,7)8/h16,22-23H,1-2,9-15,17-19H2,3-8H3,(H,30,31,34). The zero-order valence-electron chi connectivity index (χ0n) is 24.5. The normalized spacial score (nSPS) is 19.4. The van der Waals surface area contributed by atoms with Crippen LogP contribution in [0.25, 0.3) is 0 Å². The van der Waals surface area contributed by atoms with Gasteiger partial charge in [0.05, 0.1) is 16.2 Å². The van der Waals surface area contributed by atoms with Crippen LogP contribution in [0.4, 0.5) is 9.93 Å². The van der Waals surface area contributed by atoms with Gasteiger partial charge < -0.3 is 24.6 Å². The van der Waals surface area contributed by atoms with E-state index in [9.17, 15) is 9.59 Å². The lowest BCUT2D eigenvalue weighted by Crippen LogP contribution is -2.47. The van der Waals surface area contributed by atoms with Crippen molar-refractivity contribution >= 4 is 40.2 Å². The van der Waals surface area contributed by atoms with Crippen molar-refractivity contribution in [1.82, 2.24) is 14.8 Å². The Hall–Kier alpha value is -2.04. The van der Waals surface area contributed by atoms with Gasteiger partial charge in [-0.15, -0.1) is 11.8 Å². The molecule has 218 valence electrons. The molecule has 3 rings (SSSR count). The second-order valence-corrected chi connectivity index (χ2v) is 14.9. The van der Waals surface area contributed by atoms with Gasteiger partial charge in [-0.2, -0.15) is 0 Å². The number of nitrogens with zero attached hydrogens (tertiary/aromatic N) is 3. The van der Waals surface area contributed by atoms with Crippen LogP contribution in [0, 0.1) is 17.3 Å². The minimum Gasteiger partial charge on any atom is -0.466 e. The van der Waals surface area contributed by atoms with Gasteiger partial charge in [-0.3, -0.25) is 4.79 Å². The highest BCUT2D eigenvalue weighted by atomic mass is 32.2. The van der Waals surface area contributed by atoms with E-state index in [1.165, 1.54) is 11.3 Å². The number of aromatic nitrogens is 1. The third kappa shape index (κ3) is 10.5. The third-order valence-electron chi connectivity index (χ3n) is 6.84. The van der Waals surface area contributed by atoms with E-state index in [1.807, 2.05) is 25.7 Å². The summed E-state index contributed by atoms with van der Waals surface area (Å²) in [7, 11) is 0. The predicted molar refractivity (Wildman–Crippen MR) is 160 cm³/mol. The Morgan fingerprint density at radius 3 is 2.46 bits per heavy atom. The van der Waals surface area contributed by atoms with Crippen molar-refractivity contribution in [3.8, 4) is 0 Å². The number of ether oxygens (including phenoxy) is 2. The molecule has 2 aliphatic heterocycles. The molecule has 2 aliphatic rings. The molecule has 0 radical (unpaired) electrons. The van der Waals surface area contributed by atoms with Crippen molar-refractivity contribution in [1.29, 1.82) is 0 Å². The number of hydrogen-bond donors (Lipinski definition) is 1. The molecule has 2 amide bonds. The molecular weight excluding hydrogens is 532 g/mol. The predicted octanol–water partition coefficient (Wildman–Crippen LogP) is 6.62. The lowest BCUT2D eigenvalue weighted by molar-refractivity contribution is -0.121. The fourth-order valence-corrected chi connectivity index (χ4v) is 6.24. The largest absolute Gasteiger partial charge is 0.466 e. The number of allylic oxidation sites excluding steroid dienone is 1. The first kappa shape index (κ1) is 31.5. The van der Waals surface area contributed by atoms with Crippen molar-refractivity contribution in [2.45, 2.75) is 77.0 Å². The van der Waals surface area contributed by atoms with Gasteiger partial charge in [-0.05, 0) is 65.5 Å². The highest BCUT2D eigenvalue weighted by molar-refractivity contribution is 8.01. The summed E-state index contributed by atoms with van der Waals surface area (Å²) in [4.78, 5) is 34.1. The zero-order valence-corrected chi connectivity index (χ0v) is 26.1. The summed E-state index contributed by atoms with van der Waals surface area (Å²) >= 11 is 3.05. The number of thioether (sulfide) groups is 1. The first-order valence-electron chi connectivity index (χ1n) is 13.8. The van der Waals surface area contributed by atoms with Crippen LogP contribution in [0.3, 0.4) is 0 Å². The van der Waals surface area contributed by atoms with E-state index in [-0.39, 0.29) is 23.3 Å². The van der Waals surface area contributed by atoms with Gasteiger partial charge in [0, 0.05) is 31.0 Å². The van der Waals surface area contributed by atoms with Gasteiger partial charge in [-0.25, -0.2) is 9.78 Å². The van der Waals surface area contributed by atoms with Crippen molar-refractivity contribution in [3.63, 3.8) is 0 Å². The van der Waals surface area contributed by atoms with Gasteiger partial charge in [0.1, 0.15) is 17.1 Å². The Morgan fingerprint density at radius 1 is 1.13 bits per heavy atom. The fraction of sp³-hybridized carbons (Fsp3) is 0.690. The maximum Gasteiger partial charge on any atom is 0.410 e. The van der Waals surface area contributed by atoms with Gasteiger partial charge in [0.25, 0.3) is 0 Å². The van der Waals surface area contributed by atoms with E-state index >= 15 is 0 Å². The highest BCUT2D eigenvalue weighted by Gasteiger charge is 2.31. The Bertz CT molecular complexity index is 1020. The van der Waals surface area contributed by atoms with Crippen LogP contribution < -0.4 is 5.32 Å². The van der Waals surface area contributed by atoms with Crippen LogP contribution in [0.1, 0.15) is 67.2 Å². The Morgan fingerprint density at radius 2 is 1.82 bits per heavy atom. The van der Waals surface area contributed by atoms with E-state index in [4.69, 9.17) is 9.47 Å². The maximum absolute atomic E-state index is 12.9. The number of thiazole rings is 1. The number of piperidine rings is 2. The first-order valence-corrected chi connectivity index (χ1v) is 15.6. The number of rotatable bonds is 9. The van der Waals surface area contributed by atoms with Gasteiger partial charge >= 0.3 is 6.09 Å². The molecule has 1 unspecified atom stereocenters. The summed E-state index contributed by atoms with van der Waals surface area (Å²) < 4.78 is 12.3. The van der Waals surface area contributed by atoms with Crippen molar-refractivity contribution in [3.05, 3.63) is 30.9 Å². The molecule has 1 aromatic rings. The smallest absolute Gasteiger partial charge is 0.410 e. The van der Waals surface area contributed by atoms with E-state index in [1.54, 1.807) is 18.0 Å². The van der Waals surface area contributed by atoms with E-state index in [0.717, 1.165) is 62.6 Å². The summed E-state index contributed by atoms with van der Waals surface area (Å²) in [6.07, 6.45) is 5.35. The van der Waals surface area contributed by atoms with Crippen LogP contribution in [0.15, 0.2) is 35.1 Å². The number of nitrogens with one attached hydrogen (secondary N) is 1. The number of likely N-dealkylation sites (tertiary alicyclic amines) is 2. The molecule has 0 aromatic carbocycles. The Kier molecular flexibility index (Phi) is 10.9. The van der Waals surface area contributed by atoms with Gasteiger partial charge in [0.15, 0.2) is 5.13 Å². The molecule has 39 heavy (non-hydrogen) atoms. The fourth-order valence-electron chi connectivity index (χ4n) is 4.55. The minimum atomic E-state index is -0.475. The number of amides is 2. The SMILES string of the molecule is C=C(CSc1cnc(NC(=O)C2CCN(CC3CCCN(C(=O)OC(C)(C)C)C3)CC2)s1)OC(=C)C(C)(C)C. The van der Waals surface area contributed by atoms with Gasteiger partial charge in [0.2, 0.25) is 5.91 Å². The second kappa shape index (κ2) is 13.5. The number of hydrogen-bond acceptors (Lipinski definition) is 8. The second-order valence-electron chi connectivity index (χ2n) is 12.6. The summed E-state index contributed by atoms with van der Waals surface area (Å²) in [6.45, 7) is 24.1. The average Bonchev–Trinajstić information content (AvgIpc) is 3.29. The molecule has 8 nitrogen and oxygen atoms in total. The molecule has 10 heteroatoms. The Balaban J connectivity index is 1.38. The topological polar surface area (TPSA) is 84.0 Å². The molecule has 0 spiro atoms. The molecule has 1 atom stereocenters. The van der Waals surface area contributed by atoms with Crippen LogP contribution in [-0.2, 0) is 14.3 Å². The molecule has 2 saturated heterocycles. The molecular formula is C29H46N4O4S2. The molecule has 0 bridgehead atoms. The van der Waals surface area contributed by atoms with Gasteiger partial charge in [-0.1, -0.05) is 45.3 Å². The van der Waals surface area contributed by atoms with E-state index in [2.05, 4.69) is 49.1 Å². The molecule has 2 fully saturated rings. The lowest BCUT2D eigenvalue weighted by Gasteiger charge is -2.38. The monoisotopic (exact) mass is 578 g/mol. The maximum atomic E-state index is 12.9. The van der Waals surface area contributed by atoms with Crippen LogP contribution in [-0.4, -0.2) is 70.9 Å².